The summed E-state index contributed by atoms with van der Waals surface area (Å²) in [6.07, 6.45) is 6.80. The molecular weight excluding hydrogens is 238 g/mol. The van der Waals surface area contributed by atoms with Crippen molar-refractivity contribution < 1.29 is 4.79 Å². The lowest BCUT2D eigenvalue weighted by molar-refractivity contribution is -0.124. The molecular formula is C15H29N3O. The molecule has 0 aromatic carbocycles. The normalized spacial score (nSPS) is 26.3. The zero-order valence-corrected chi connectivity index (χ0v) is 12.7. The predicted molar refractivity (Wildman–Crippen MR) is 77.9 cm³/mol. The Hall–Kier alpha value is -0.610. The van der Waals surface area contributed by atoms with E-state index in [1.807, 2.05) is 6.92 Å². The van der Waals surface area contributed by atoms with Crippen LogP contribution in [0.5, 0.6) is 0 Å². The summed E-state index contributed by atoms with van der Waals surface area (Å²) < 4.78 is 0. The lowest BCUT2D eigenvalue weighted by Crippen LogP contribution is -2.54. The maximum atomic E-state index is 11.7. The Morgan fingerprint density at radius 3 is 2.63 bits per heavy atom. The molecule has 19 heavy (non-hydrogen) atoms. The highest BCUT2D eigenvalue weighted by atomic mass is 16.1. The van der Waals surface area contributed by atoms with Crippen LogP contribution in [0.15, 0.2) is 0 Å². The number of nitrogens with zero attached hydrogens (tertiary/aromatic N) is 1. The second-order valence-corrected chi connectivity index (χ2v) is 7.12. The highest BCUT2D eigenvalue weighted by Gasteiger charge is 2.37. The van der Waals surface area contributed by atoms with Gasteiger partial charge in [0.1, 0.15) is 0 Å². The summed E-state index contributed by atoms with van der Waals surface area (Å²) in [6, 6.07) is 0.515. The standard InChI is InChI=1S/C15H29N3O/c1-14(2)8-4-10-18(14)11-5-9-15(3,13(16)19)17-12-6-7-12/h12,17H,4-11H2,1-3H3,(H2,16,19). The minimum absolute atomic E-state index is 0.208. The first kappa shape index (κ1) is 14.8. The van der Waals surface area contributed by atoms with Gasteiger partial charge >= 0.3 is 0 Å². The summed E-state index contributed by atoms with van der Waals surface area (Å²) in [5.41, 5.74) is 5.38. The number of rotatable bonds is 7. The molecule has 1 atom stereocenters. The van der Waals surface area contributed by atoms with E-state index in [9.17, 15) is 4.79 Å². The van der Waals surface area contributed by atoms with Crippen molar-refractivity contribution in [2.24, 2.45) is 5.73 Å². The van der Waals surface area contributed by atoms with Crippen LogP contribution in [0, 0.1) is 0 Å². The lowest BCUT2D eigenvalue weighted by Gasteiger charge is -2.33. The summed E-state index contributed by atoms with van der Waals surface area (Å²) in [5.74, 6) is -0.208. The SMILES string of the molecule is CC(CCCN1CCCC1(C)C)(NC1CC1)C(N)=O. The highest BCUT2D eigenvalue weighted by molar-refractivity contribution is 5.84. The van der Waals surface area contributed by atoms with Gasteiger partial charge in [-0.1, -0.05) is 0 Å². The molecule has 1 unspecified atom stereocenters. The maximum absolute atomic E-state index is 11.7. The van der Waals surface area contributed by atoms with Crippen LogP contribution in [0.2, 0.25) is 0 Å². The van der Waals surface area contributed by atoms with Crippen LogP contribution >= 0.6 is 0 Å². The van der Waals surface area contributed by atoms with Gasteiger partial charge < -0.3 is 11.1 Å². The molecule has 2 fully saturated rings. The monoisotopic (exact) mass is 267 g/mol. The average molecular weight is 267 g/mol. The number of hydrogen-bond acceptors (Lipinski definition) is 3. The molecule has 4 heteroatoms. The van der Waals surface area contributed by atoms with Gasteiger partial charge in [-0.3, -0.25) is 9.69 Å². The first-order valence-electron chi connectivity index (χ1n) is 7.66. The lowest BCUT2D eigenvalue weighted by atomic mass is 9.94. The molecule has 0 radical (unpaired) electrons. The van der Waals surface area contributed by atoms with Crippen molar-refractivity contribution in [3.8, 4) is 0 Å². The molecule has 4 nitrogen and oxygen atoms in total. The Balaban J connectivity index is 1.80. The van der Waals surface area contributed by atoms with Crippen molar-refractivity contribution in [2.75, 3.05) is 13.1 Å². The molecule has 110 valence electrons. The summed E-state index contributed by atoms with van der Waals surface area (Å²) in [4.78, 5) is 14.2. The van der Waals surface area contributed by atoms with E-state index in [1.54, 1.807) is 0 Å². The van der Waals surface area contributed by atoms with Crippen molar-refractivity contribution in [1.82, 2.24) is 10.2 Å². The largest absolute Gasteiger partial charge is 0.368 e. The third kappa shape index (κ3) is 3.69. The van der Waals surface area contributed by atoms with Crippen molar-refractivity contribution >= 4 is 5.91 Å². The predicted octanol–water partition coefficient (Wildman–Crippen LogP) is 1.64. The summed E-state index contributed by atoms with van der Waals surface area (Å²) in [5, 5.41) is 3.42. The molecule has 0 spiro atoms. The first-order valence-corrected chi connectivity index (χ1v) is 7.66. The van der Waals surface area contributed by atoms with Crippen LogP contribution in [0.4, 0.5) is 0 Å². The number of carbonyl (C=O) groups excluding carboxylic acids is 1. The molecule has 2 rings (SSSR count). The zero-order chi connectivity index (χ0) is 14.1. The van der Waals surface area contributed by atoms with Crippen LogP contribution in [0.1, 0.15) is 59.3 Å². The molecule has 1 aliphatic carbocycles. The molecule has 0 aromatic heterocycles. The zero-order valence-electron chi connectivity index (χ0n) is 12.7. The fourth-order valence-electron chi connectivity index (χ4n) is 3.15. The Bertz CT molecular complexity index is 338. The fraction of sp³-hybridized carbons (Fsp3) is 0.933. The number of carbonyl (C=O) groups is 1. The number of likely N-dealkylation sites (tertiary alicyclic amines) is 1. The van der Waals surface area contributed by atoms with Gasteiger partial charge in [-0.15, -0.1) is 0 Å². The number of amides is 1. The van der Waals surface area contributed by atoms with E-state index in [0.717, 1.165) is 19.4 Å². The number of nitrogens with one attached hydrogen (secondary N) is 1. The topological polar surface area (TPSA) is 58.4 Å². The van der Waals surface area contributed by atoms with Crippen LogP contribution in [0.25, 0.3) is 0 Å². The van der Waals surface area contributed by atoms with Crippen molar-refractivity contribution in [3.63, 3.8) is 0 Å². The van der Waals surface area contributed by atoms with Gasteiger partial charge in [0.25, 0.3) is 0 Å². The Labute approximate surface area is 117 Å². The third-order valence-electron chi connectivity index (χ3n) is 4.82. The van der Waals surface area contributed by atoms with Crippen molar-refractivity contribution in [2.45, 2.75) is 76.4 Å². The van der Waals surface area contributed by atoms with E-state index in [4.69, 9.17) is 5.73 Å². The smallest absolute Gasteiger partial charge is 0.237 e. The van der Waals surface area contributed by atoms with Gasteiger partial charge in [0, 0.05) is 11.6 Å². The fourth-order valence-corrected chi connectivity index (χ4v) is 3.15. The molecule has 1 amide bonds. The summed E-state index contributed by atoms with van der Waals surface area (Å²) in [7, 11) is 0. The van der Waals surface area contributed by atoms with Gasteiger partial charge in [0.05, 0.1) is 5.54 Å². The molecule has 1 aliphatic heterocycles. The molecule has 1 saturated heterocycles. The molecule has 0 bridgehead atoms. The maximum Gasteiger partial charge on any atom is 0.237 e. The average Bonchev–Trinajstić information content (AvgIpc) is 3.04. The van der Waals surface area contributed by atoms with Gasteiger partial charge in [0.15, 0.2) is 0 Å². The second kappa shape index (κ2) is 5.41. The minimum atomic E-state index is -0.523. The number of hydrogen-bond donors (Lipinski definition) is 2. The van der Waals surface area contributed by atoms with E-state index in [-0.39, 0.29) is 5.91 Å². The third-order valence-corrected chi connectivity index (χ3v) is 4.82. The van der Waals surface area contributed by atoms with E-state index in [2.05, 4.69) is 24.1 Å². The van der Waals surface area contributed by atoms with Gasteiger partial charge in [-0.25, -0.2) is 0 Å². The molecule has 1 heterocycles. The minimum Gasteiger partial charge on any atom is -0.368 e. The van der Waals surface area contributed by atoms with Crippen molar-refractivity contribution in [1.29, 1.82) is 0 Å². The van der Waals surface area contributed by atoms with E-state index in [1.165, 1.54) is 32.2 Å². The van der Waals surface area contributed by atoms with Crippen LogP contribution < -0.4 is 11.1 Å². The van der Waals surface area contributed by atoms with Crippen LogP contribution in [0.3, 0.4) is 0 Å². The van der Waals surface area contributed by atoms with E-state index < -0.39 is 5.54 Å². The van der Waals surface area contributed by atoms with Gasteiger partial charge in [-0.05, 0) is 72.4 Å². The quantitative estimate of drug-likeness (QED) is 0.737. The van der Waals surface area contributed by atoms with Gasteiger partial charge in [0.2, 0.25) is 5.91 Å². The van der Waals surface area contributed by atoms with Crippen LogP contribution in [-0.2, 0) is 4.79 Å². The number of primary amides is 1. The molecule has 1 saturated carbocycles. The molecule has 3 N–H and O–H groups in total. The van der Waals surface area contributed by atoms with Crippen molar-refractivity contribution in [3.05, 3.63) is 0 Å². The summed E-state index contributed by atoms with van der Waals surface area (Å²) in [6.45, 7) is 8.85. The Morgan fingerprint density at radius 2 is 2.16 bits per heavy atom. The molecule has 2 aliphatic rings. The Kier molecular flexibility index (Phi) is 4.21. The Morgan fingerprint density at radius 1 is 1.47 bits per heavy atom. The van der Waals surface area contributed by atoms with Gasteiger partial charge in [-0.2, -0.15) is 0 Å². The highest BCUT2D eigenvalue weighted by Crippen LogP contribution is 2.29. The van der Waals surface area contributed by atoms with Crippen LogP contribution in [-0.4, -0.2) is 41.0 Å². The van der Waals surface area contributed by atoms with E-state index in [0.29, 0.717) is 11.6 Å². The second-order valence-electron chi connectivity index (χ2n) is 7.12. The van der Waals surface area contributed by atoms with E-state index >= 15 is 0 Å². The molecule has 0 aromatic rings. The first-order chi connectivity index (χ1) is 8.83. The number of nitrogens with two attached hydrogens (primary N) is 1. The summed E-state index contributed by atoms with van der Waals surface area (Å²) >= 11 is 0.